The Kier molecular flexibility index (Phi) is 2.44. The van der Waals surface area contributed by atoms with Crippen molar-refractivity contribution in [2.75, 3.05) is 6.54 Å². The molecule has 0 aromatic rings. The molecule has 1 saturated carbocycles. The zero-order valence-corrected chi connectivity index (χ0v) is 8.11. The number of nitrogens with zero attached hydrogens (tertiary/aromatic N) is 1. The average molecular weight is 197 g/mol. The Morgan fingerprint density at radius 3 is 2.79 bits per heavy atom. The van der Waals surface area contributed by atoms with E-state index in [2.05, 4.69) is 0 Å². The van der Waals surface area contributed by atoms with Gasteiger partial charge in [0.1, 0.15) is 5.78 Å². The predicted molar refractivity (Wildman–Crippen MR) is 50.1 cm³/mol. The highest BCUT2D eigenvalue weighted by Crippen LogP contribution is 2.33. The maximum absolute atomic E-state index is 11.1. The fourth-order valence-electron chi connectivity index (χ4n) is 2.69. The van der Waals surface area contributed by atoms with E-state index in [-0.39, 0.29) is 6.04 Å². The van der Waals surface area contributed by atoms with Gasteiger partial charge in [0.2, 0.25) is 0 Å². The van der Waals surface area contributed by atoms with Crippen LogP contribution >= 0.6 is 0 Å². The number of amides is 1. The molecule has 2 rings (SSSR count). The lowest BCUT2D eigenvalue weighted by Gasteiger charge is -2.26. The molecule has 78 valence electrons. The molecular weight excluding hydrogens is 182 g/mol. The van der Waals surface area contributed by atoms with Crippen LogP contribution in [0.5, 0.6) is 0 Å². The number of hydrogen-bond acceptors (Lipinski definition) is 2. The minimum absolute atomic E-state index is 0.110. The molecule has 1 amide bonds. The van der Waals surface area contributed by atoms with Gasteiger partial charge in [-0.25, -0.2) is 4.79 Å². The van der Waals surface area contributed by atoms with E-state index < -0.39 is 6.09 Å². The summed E-state index contributed by atoms with van der Waals surface area (Å²) in [4.78, 5) is 23.5. The molecule has 1 aliphatic heterocycles. The highest BCUT2D eigenvalue weighted by atomic mass is 16.4. The maximum atomic E-state index is 11.1. The van der Waals surface area contributed by atoms with E-state index in [1.807, 2.05) is 0 Å². The molecule has 2 fully saturated rings. The van der Waals surface area contributed by atoms with Gasteiger partial charge in [0, 0.05) is 25.4 Å². The minimum Gasteiger partial charge on any atom is -0.465 e. The lowest BCUT2D eigenvalue weighted by atomic mass is 9.96. The standard InChI is InChI=1S/C10H15NO3/c12-8-4-3-7(6-8)9-2-1-5-11(9)10(13)14/h7,9H,1-6H2,(H,13,14). The van der Waals surface area contributed by atoms with Crippen molar-refractivity contribution < 1.29 is 14.7 Å². The number of carbonyl (C=O) groups excluding carboxylic acids is 1. The molecule has 2 unspecified atom stereocenters. The monoisotopic (exact) mass is 197 g/mol. The summed E-state index contributed by atoms with van der Waals surface area (Å²) in [6.45, 7) is 0.644. The Labute approximate surface area is 82.9 Å². The fourth-order valence-corrected chi connectivity index (χ4v) is 2.69. The molecule has 4 heteroatoms. The summed E-state index contributed by atoms with van der Waals surface area (Å²) in [6.07, 6.45) is 3.18. The Morgan fingerprint density at radius 1 is 1.43 bits per heavy atom. The number of hydrogen-bond donors (Lipinski definition) is 1. The number of carboxylic acid groups (broad SMARTS) is 1. The number of ketones is 1. The maximum Gasteiger partial charge on any atom is 0.407 e. The normalized spacial score (nSPS) is 32.6. The zero-order valence-electron chi connectivity index (χ0n) is 8.11. The van der Waals surface area contributed by atoms with Gasteiger partial charge in [-0.15, -0.1) is 0 Å². The Bertz CT molecular complexity index is 264. The van der Waals surface area contributed by atoms with E-state index in [0.29, 0.717) is 31.1 Å². The van der Waals surface area contributed by atoms with Gasteiger partial charge in [-0.2, -0.15) is 0 Å². The molecule has 1 aliphatic carbocycles. The number of likely N-dealkylation sites (tertiary alicyclic amines) is 1. The summed E-state index contributed by atoms with van der Waals surface area (Å²) >= 11 is 0. The second-order valence-electron chi connectivity index (χ2n) is 4.23. The van der Waals surface area contributed by atoms with Gasteiger partial charge in [-0.05, 0) is 25.2 Å². The quantitative estimate of drug-likeness (QED) is 0.693. The van der Waals surface area contributed by atoms with Crippen molar-refractivity contribution >= 4 is 11.9 Å². The van der Waals surface area contributed by atoms with Crippen molar-refractivity contribution in [3.05, 3.63) is 0 Å². The number of carbonyl (C=O) groups is 2. The molecule has 0 spiro atoms. The van der Waals surface area contributed by atoms with Gasteiger partial charge >= 0.3 is 6.09 Å². The van der Waals surface area contributed by atoms with E-state index in [0.717, 1.165) is 19.3 Å². The Balaban J connectivity index is 2.02. The third kappa shape index (κ3) is 1.61. The van der Waals surface area contributed by atoms with Crippen molar-refractivity contribution in [1.29, 1.82) is 0 Å². The molecule has 14 heavy (non-hydrogen) atoms. The van der Waals surface area contributed by atoms with Crippen LogP contribution in [0.4, 0.5) is 4.79 Å². The van der Waals surface area contributed by atoms with Gasteiger partial charge in [0.25, 0.3) is 0 Å². The summed E-state index contributed by atoms with van der Waals surface area (Å²) in [5, 5.41) is 8.95. The van der Waals surface area contributed by atoms with Gasteiger partial charge in [0.15, 0.2) is 0 Å². The van der Waals surface area contributed by atoms with Crippen LogP contribution in [0.2, 0.25) is 0 Å². The van der Waals surface area contributed by atoms with Gasteiger partial charge < -0.3 is 10.0 Å². The molecule has 1 heterocycles. The third-order valence-electron chi connectivity index (χ3n) is 3.37. The SMILES string of the molecule is O=C1CCC(C2CCCN2C(=O)O)C1. The van der Waals surface area contributed by atoms with Crippen molar-refractivity contribution in [3.8, 4) is 0 Å². The summed E-state index contributed by atoms with van der Waals surface area (Å²) in [6, 6.07) is 0.110. The largest absolute Gasteiger partial charge is 0.465 e. The van der Waals surface area contributed by atoms with Gasteiger partial charge in [-0.1, -0.05) is 0 Å². The smallest absolute Gasteiger partial charge is 0.407 e. The van der Waals surface area contributed by atoms with Crippen LogP contribution in [0.15, 0.2) is 0 Å². The van der Waals surface area contributed by atoms with Crippen LogP contribution in [0.3, 0.4) is 0 Å². The van der Waals surface area contributed by atoms with Crippen molar-refractivity contribution in [3.63, 3.8) is 0 Å². The van der Waals surface area contributed by atoms with Crippen LogP contribution in [0.25, 0.3) is 0 Å². The van der Waals surface area contributed by atoms with Crippen LogP contribution < -0.4 is 0 Å². The summed E-state index contributed by atoms with van der Waals surface area (Å²) < 4.78 is 0. The van der Waals surface area contributed by atoms with E-state index in [1.165, 1.54) is 4.90 Å². The summed E-state index contributed by atoms with van der Waals surface area (Å²) in [7, 11) is 0. The lowest BCUT2D eigenvalue weighted by Crippen LogP contribution is -2.38. The molecule has 1 N–H and O–H groups in total. The van der Waals surface area contributed by atoms with Gasteiger partial charge in [0.05, 0.1) is 0 Å². The first-order valence-corrected chi connectivity index (χ1v) is 5.20. The van der Waals surface area contributed by atoms with Crippen molar-refractivity contribution in [1.82, 2.24) is 4.90 Å². The van der Waals surface area contributed by atoms with Crippen LogP contribution in [0.1, 0.15) is 32.1 Å². The lowest BCUT2D eigenvalue weighted by molar-refractivity contribution is -0.117. The highest BCUT2D eigenvalue weighted by Gasteiger charge is 2.37. The second-order valence-corrected chi connectivity index (χ2v) is 4.23. The number of rotatable bonds is 1. The Morgan fingerprint density at radius 2 is 2.21 bits per heavy atom. The molecule has 2 aliphatic rings. The number of Topliss-reactive ketones (excluding diaryl/α,β-unsaturated/α-hetero) is 1. The summed E-state index contributed by atoms with van der Waals surface area (Å²) in [5.74, 6) is 0.591. The predicted octanol–water partition coefficient (Wildman–Crippen LogP) is 1.50. The summed E-state index contributed by atoms with van der Waals surface area (Å²) in [5.41, 5.74) is 0. The van der Waals surface area contributed by atoms with E-state index in [4.69, 9.17) is 5.11 Å². The van der Waals surface area contributed by atoms with E-state index in [9.17, 15) is 9.59 Å². The molecule has 1 saturated heterocycles. The van der Waals surface area contributed by atoms with E-state index in [1.54, 1.807) is 0 Å². The molecule has 0 bridgehead atoms. The molecule has 0 aromatic heterocycles. The zero-order chi connectivity index (χ0) is 10.1. The second kappa shape index (κ2) is 3.59. The van der Waals surface area contributed by atoms with Gasteiger partial charge in [-0.3, -0.25) is 4.79 Å². The van der Waals surface area contributed by atoms with Crippen LogP contribution in [-0.2, 0) is 4.79 Å². The first kappa shape index (κ1) is 9.49. The Hall–Kier alpha value is -1.06. The first-order valence-electron chi connectivity index (χ1n) is 5.20. The van der Waals surface area contributed by atoms with Crippen LogP contribution in [0, 0.1) is 5.92 Å². The first-order chi connectivity index (χ1) is 6.68. The van der Waals surface area contributed by atoms with Crippen LogP contribution in [-0.4, -0.2) is 34.5 Å². The highest BCUT2D eigenvalue weighted by molar-refractivity contribution is 5.80. The third-order valence-corrected chi connectivity index (χ3v) is 3.37. The average Bonchev–Trinajstić information content (AvgIpc) is 2.70. The van der Waals surface area contributed by atoms with E-state index >= 15 is 0 Å². The van der Waals surface area contributed by atoms with Crippen molar-refractivity contribution in [2.45, 2.75) is 38.1 Å². The molecule has 0 aromatic carbocycles. The molecule has 4 nitrogen and oxygen atoms in total. The molecule has 0 radical (unpaired) electrons. The molecule has 2 atom stereocenters. The van der Waals surface area contributed by atoms with Crippen molar-refractivity contribution in [2.24, 2.45) is 5.92 Å². The molecular formula is C10H15NO3. The fraction of sp³-hybridized carbons (Fsp3) is 0.800. The topological polar surface area (TPSA) is 57.6 Å². The minimum atomic E-state index is -0.827.